The lowest BCUT2D eigenvalue weighted by atomic mass is 9.89. The summed E-state index contributed by atoms with van der Waals surface area (Å²) in [6.07, 6.45) is 1.92. The molecule has 5 nitrogen and oxygen atoms in total. The minimum absolute atomic E-state index is 0.145. The van der Waals surface area contributed by atoms with Crippen molar-refractivity contribution in [2.45, 2.75) is 33.6 Å². The summed E-state index contributed by atoms with van der Waals surface area (Å²) in [5.41, 5.74) is 0.812. The van der Waals surface area contributed by atoms with E-state index in [1.54, 1.807) is 14.2 Å². The highest BCUT2D eigenvalue weighted by Gasteiger charge is 2.28. The smallest absolute Gasteiger partial charge is 0.225 e. The van der Waals surface area contributed by atoms with E-state index in [2.05, 4.69) is 10.2 Å². The zero-order valence-electron chi connectivity index (χ0n) is 15.5. The van der Waals surface area contributed by atoms with E-state index in [0.717, 1.165) is 49.7 Å². The molecule has 0 saturated carbocycles. The molecule has 1 aliphatic rings. The highest BCUT2D eigenvalue weighted by Crippen LogP contribution is 2.31. The van der Waals surface area contributed by atoms with E-state index in [-0.39, 0.29) is 11.3 Å². The SMILES string of the molecule is CCC(C)(C)C(=O)NCC1CCN(c2cc(OC)cc(OC)c2)C1. The molecule has 0 aliphatic carbocycles. The summed E-state index contributed by atoms with van der Waals surface area (Å²) < 4.78 is 10.7. The monoisotopic (exact) mass is 334 g/mol. The minimum Gasteiger partial charge on any atom is -0.497 e. The second kappa shape index (κ2) is 7.77. The molecule has 0 radical (unpaired) electrons. The van der Waals surface area contributed by atoms with Crippen LogP contribution in [-0.2, 0) is 4.79 Å². The van der Waals surface area contributed by atoms with Crippen molar-refractivity contribution in [2.24, 2.45) is 11.3 Å². The van der Waals surface area contributed by atoms with Gasteiger partial charge in [0, 0.05) is 48.9 Å². The Bertz CT molecular complexity index is 549. The summed E-state index contributed by atoms with van der Waals surface area (Å²) in [6.45, 7) is 8.68. The molecule has 1 atom stereocenters. The summed E-state index contributed by atoms with van der Waals surface area (Å²) in [4.78, 5) is 14.5. The fourth-order valence-corrected chi connectivity index (χ4v) is 2.85. The van der Waals surface area contributed by atoms with Crippen LogP contribution in [0.4, 0.5) is 5.69 Å². The van der Waals surface area contributed by atoms with Crippen LogP contribution in [-0.4, -0.2) is 39.8 Å². The third-order valence-electron chi connectivity index (χ3n) is 5.04. The Balaban J connectivity index is 1.95. The van der Waals surface area contributed by atoms with Gasteiger partial charge in [0.2, 0.25) is 5.91 Å². The molecular formula is C19H30N2O3. The van der Waals surface area contributed by atoms with Gasteiger partial charge >= 0.3 is 0 Å². The molecule has 0 bridgehead atoms. The van der Waals surface area contributed by atoms with Gasteiger partial charge in [-0.25, -0.2) is 0 Å². The third kappa shape index (κ3) is 4.34. The van der Waals surface area contributed by atoms with Gasteiger partial charge < -0.3 is 19.7 Å². The van der Waals surface area contributed by atoms with E-state index in [0.29, 0.717) is 5.92 Å². The minimum atomic E-state index is -0.293. The molecule has 134 valence electrons. The Kier molecular flexibility index (Phi) is 5.97. The van der Waals surface area contributed by atoms with Gasteiger partial charge in [-0.2, -0.15) is 0 Å². The van der Waals surface area contributed by atoms with E-state index in [1.807, 2.05) is 39.0 Å². The van der Waals surface area contributed by atoms with E-state index < -0.39 is 0 Å². The number of nitrogens with one attached hydrogen (secondary N) is 1. The maximum absolute atomic E-state index is 12.2. The summed E-state index contributed by atoms with van der Waals surface area (Å²) in [5.74, 6) is 2.21. The van der Waals surface area contributed by atoms with Crippen LogP contribution in [0.5, 0.6) is 11.5 Å². The number of benzene rings is 1. The Morgan fingerprint density at radius 2 is 1.88 bits per heavy atom. The predicted octanol–water partition coefficient (Wildman–Crippen LogP) is 3.08. The number of nitrogens with zero attached hydrogens (tertiary/aromatic N) is 1. The molecule has 0 aromatic heterocycles. The second-order valence-electron chi connectivity index (χ2n) is 7.12. The fourth-order valence-electron chi connectivity index (χ4n) is 2.85. The van der Waals surface area contributed by atoms with E-state index in [1.165, 1.54) is 0 Å². The maximum Gasteiger partial charge on any atom is 0.225 e. The maximum atomic E-state index is 12.2. The van der Waals surface area contributed by atoms with Gasteiger partial charge in [-0.05, 0) is 18.8 Å². The van der Waals surface area contributed by atoms with Crippen molar-refractivity contribution in [3.8, 4) is 11.5 Å². The second-order valence-corrected chi connectivity index (χ2v) is 7.12. The normalized spacial score (nSPS) is 17.7. The summed E-state index contributed by atoms with van der Waals surface area (Å²) in [5, 5.41) is 3.12. The van der Waals surface area contributed by atoms with Gasteiger partial charge in [-0.1, -0.05) is 20.8 Å². The topological polar surface area (TPSA) is 50.8 Å². The molecule has 5 heteroatoms. The average Bonchev–Trinajstić information content (AvgIpc) is 3.08. The predicted molar refractivity (Wildman–Crippen MR) is 96.9 cm³/mol. The Morgan fingerprint density at radius 1 is 1.25 bits per heavy atom. The van der Waals surface area contributed by atoms with Crippen molar-refractivity contribution in [1.82, 2.24) is 5.32 Å². The molecular weight excluding hydrogens is 304 g/mol. The first-order valence-electron chi connectivity index (χ1n) is 8.66. The van der Waals surface area contributed by atoms with Crippen molar-refractivity contribution < 1.29 is 14.3 Å². The molecule has 1 N–H and O–H groups in total. The van der Waals surface area contributed by atoms with Crippen LogP contribution in [0.3, 0.4) is 0 Å². The van der Waals surface area contributed by atoms with Crippen LogP contribution in [0.2, 0.25) is 0 Å². The zero-order valence-corrected chi connectivity index (χ0v) is 15.5. The number of carbonyl (C=O) groups excluding carboxylic acids is 1. The summed E-state index contributed by atoms with van der Waals surface area (Å²) >= 11 is 0. The first kappa shape index (κ1) is 18.4. The Hall–Kier alpha value is -1.91. The van der Waals surface area contributed by atoms with Crippen molar-refractivity contribution in [1.29, 1.82) is 0 Å². The lowest BCUT2D eigenvalue weighted by molar-refractivity contribution is -0.129. The van der Waals surface area contributed by atoms with Crippen LogP contribution < -0.4 is 19.7 Å². The molecule has 1 aromatic rings. The highest BCUT2D eigenvalue weighted by molar-refractivity contribution is 5.81. The fraction of sp³-hybridized carbons (Fsp3) is 0.632. The van der Waals surface area contributed by atoms with Crippen molar-refractivity contribution in [2.75, 3.05) is 38.8 Å². The van der Waals surface area contributed by atoms with Gasteiger partial charge in [-0.3, -0.25) is 4.79 Å². The number of anilines is 1. The quantitative estimate of drug-likeness (QED) is 0.832. The number of ether oxygens (including phenoxy) is 2. The average molecular weight is 334 g/mol. The van der Waals surface area contributed by atoms with Gasteiger partial charge in [0.25, 0.3) is 0 Å². The van der Waals surface area contributed by atoms with Gasteiger partial charge in [0.1, 0.15) is 11.5 Å². The largest absolute Gasteiger partial charge is 0.497 e. The van der Waals surface area contributed by atoms with Crippen LogP contribution in [0, 0.1) is 11.3 Å². The van der Waals surface area contributed by atoms with Crippen LogP contribution in [0.15, 0.2) is 18.2 Å². The Morgan fingerprint density at radius 3 is 2.42 bits per heavy atom. The summed E-state index contributed by atoms with van der Waals surface area (Å²) in [7, 11) is 3.33. The van der Waals surface area contributed by atoms with Crippen LogP contribution in [0.25, 0.3) is 0 Å². The molecule has 1 saturated heterocycles. The number of hydrogen-bond donors (Lipinski definition) is 1. The molecule has 1 amide bonds. The van der Waals surface area contributed by atoms with Crippen LogP contribution >= 0.6 is 0 Å². The van der Waals surface area contributed by atoms with E-state index in [4.69, 9.17) is 9.47 Å². The van der Waals surface area contributed by atoms with Gasteiger partial charge in [0.05, 0.1) is 14.2 Å². The molecule has 2 rings (SSSR count). The van der Waals surface area contributed by atoms with Crippen molar-refractivity contribution in [3.63, 3.8) is 0 Å². The molecule has 24 heavy (non-hydrogen) atoms. The molecule has 1 aromatic carbocycles. The third-order valence-corrected chi connectivity index (χ3v) is 5.04. The Labute approximate surface area is 145 Å². The van der Waals surface area contributed by atoms with Crippen molar-refractivity contribution >= 4 is 11.6 Å². The number of methoxy groups -OCH3 is 2. The van der Waals surface area contributed by atoms with E-state index in [9.17, 15) is 4.79 Å². The zero-order chi connectivity index (χ0) is 17.7. The van der Waals surface area contributed by atoms with Crippen LogP contribution in [0.1, 0.15) is 33.6 Å². The number of rotatable bonds is 7. The standard InChI is InChI=1S/C19H30N2O3/c1-6-19(2,3)18(22)20-12-14-7-8-21(13-14)15-9-16(23-4)11-17(10-15)24-5/h9-11,14H,6-8,12-13H2,1-5H3,(H,20,22). The van der Waals surface area contributed by atoms with Gasteiger partial charge in [-0.15, -0.1) is 0 Å². The highest BCUT2D eigenvalue weighted by atomic mass is 16.5. The molecule has 0 spiro atoms. The van der Waals surface area contributed by atoms with Crippen molar-refractivity contribution in [3.05, 3.63) is 18.2 Å². The number of hydrogen-bond acceptors (Lipinski definition) is 4. The lowest BCUT2D eigenvalue weighted by Gasteiger charge is -2.23. The van der Waals surface area contributed by atoms with E-state index >= 15 is 0 Å². The number of amides is 1. The summed E-state index contributed by atoms with van der Waals surface area (Å²) in [6, 6.07) is 5.94. The number of carbonyl (C=O) groups is 1. The first-order chi connectivity index (χ1) is 11.4. The molecule has 1 fully saturated rings. The first-order valence-corrected chi connectivity index (χ1v) is 8.66. The molecule has 1 heterocycles. The van der Waals surface area contributed by atoms with Gasteiger partial charge in [0.15, 0.2) is 0 Å². The molecule has 1 unspecified atom stereocenters. The lowest BCUT2D eigenvalue weighted by Crippen LogP contribution is -2.39. The molecule has 1 aliphatic heterocycles.